The molecule has 3 aromatic carbocycles. The zero-order valence-corrected chi connectivity index (χ0v) is 18.8. The molecular formula is C27H22F2N4O2. The molecule has 0 spiro atoms. The SMILES string of the molecule is O=C(c1ccc(F)c(F)c1)N1CCN(c2nccc(-c3ccc(Oc4ccccc4)cc3)n2)CC1. The Morgan fingerprint density at radius 2 is 1.51 bits per heavy atom. The molecule has 1 fully saturated rings. The van der Waals surface area contributed by atoms with Crippen molar-refractivity contribution in [3.63, 3.8) is 0 Å². The monoisotopic (exact) mass is 472 g/mol. The number of hydrogen-bond donors (Lipinski definition) is 0. The molecule has 35 heavy (non-hydrogen) atoms. The summed E-state index contributed by atoms with van der Waals surface area (Å²) in [4.78, 5) is 25.4. The number of piperazine rings is 1. The van der Waals surface area contributed by atoms with Gasteiger partial charge in [-0.1, -0.05) is 18.2 Å². The van der Waals surface area contributed by atoms with Gasteiger partial charge < -0.3 is 14.5 Å². The summed E-state index contributed by atoms with van der Waals surface area (Å²) in [5.74, 6) is -0.244. The second kappa shape index (κ2) is 9.89. The molecule has 0 radical (unpaired) electrons. The minimum absolute atomic E-state index is 0.135. The topological polar surface area (TPSA) is 58.6 Å². The lowest BCUT2D eigenvalue weighted by Gasteiger charge is -2.34. The number of amides is 1. The van der Waals surface area contributed by atoms with Crippen LogP contribution in [0, 0.1) is 11.6 Å². The molecule has 1 aliphatic rings. The highest BCUT2D eigenvalue weighted by molar-refractivity contribution is 5.94. The van der Waals surface area contributed by atoms with Crippen molar-refractivity contribution in [2.45, 2.75) is 0 Å². The van der Waals surface area contributed by atoms with E-state index in [-0.39, 0.29) is 11.5 Å². The van der Waals surface area contributed by atoms with E-state index in [4.69, 9.17) is 9.72 Å². The Bertz CT molecular complexity index is 1320. The van der Waals surface area contributed by atoms with E-state index in [9.17, 15) is 13.6 Å². The molecule has 176 valence electrons. The van der Waals surface area contributed by atoms with Crippen molar-refractivity contribution in [1.29, 1.82) is 0 Å². The van der Waals surface area contributed by atoms with Crippen LogP contribution < -0.4 is 9.64 Å². The summed E-state index contributed by atoms with van der Waals surface area (Å²) >= 11 is 0. The number of rotatable bonds is 5. The predicted octanol–water partition coefficient (Wildman–Crippen LogP) is 5.18. The van der Waals surface area contributed by atoms with E-state index in [1.807, 2.05) is 65.6 Å². The summed E-state index contributed by atoms with van der Waals surface area (Å²) in [5, 5.41) is 0. The molecule has 0 saturated carbocycles. The van der Waals surface area contributed by atoms with Crippen LogP contribution in [0.2, 0.25) is 0 Å². The Hall–Kier alpha value is -4.33. The minimum Gasteiger partial charge on any atom is -0.457 e. The van der Waals surface area contributed by atoms with E-state index in [0.717, 1.165) is 34.9 Å². The van der Waals surface area contributed by atoms with Gasteiger partial charge in [-0.25, -0.2) is 18.7 Å². The fourth-order valence-corrected chi connectivity index (χ4v) is 3.90. The van der Waals surface area contributed by atoms with Gasteiger partial charge in [0.15, 0.2) is 11.6 Å². The molecule has 0 unspecified atom stereocenters. The van der Waals surface area contributed by atoms with Crippen LogP contribution in [-0.4, -0.2) is 47.0 Å². The molecule has 5 rings (SSSR count). The number of aromatic nitrogens is 2. The van der Waals surface area contributed by atoms with Crippen LogP contribution in [0.3, 0.4) is 0 Å². The normalized spacial score (nSPS) is 13.5. The molecule has 1 saturated heterocycles. The minimum atomic E-state index is -1.03. The Kier molecular flexibility index (Phi) is 6.34. The van der Waals surface area contributed by atoms with Crippen molar-refractivity contribution < 1.29 is 18.3 Å². The van der Waals surface area contributed by atoms with Gasteiger partial charge in [-0.05, 0) is 60.7 Å². The molecule has 0 aliphatic carbocycles. The van der Waals surface area contributed by atoms with E-state index in [1.165, 1.54) is 6.07 Å². The number of benzene rings is 3. The van der Waals surface area contributed by atoms with Crippen molar-refractivity contribution in [2.24, 2.45) is 0 Å². The maximum Gasteiger partial charge on any atom is 0.254 e. The first-order valence-electron chi connectivity index (χ1n) is 11.2. The first-order chi connectivity index (χ1) is 17.1. The fraction of sp³-hybridized carbons (Fsp3) is 0.148. The third-order valence-electron chi connectivity index (χ3n) is 5.79. The van der Waals surface area contributed by atoms with Gasteiger partial charge in [0.25, 0.3) is 5.91 Å². The van der Waals surface area contributed by atoms with Crippen molar-refractivity contribution in [3.8, 4) is 22.8 Å². The summed E-state index contributed by atoms with van der Waals surface area (Å²) in [6.07, 6.45) is 1.71. The molecule has 2 heterocycles. The largest absolute Gasteiger partial charge is 0.457 e. The highest BCUT2D eigenvalue weighted by Gasteiger charge is 2.24. The summed E-state index contributed by atoms with van der Waals surface area (Å²) < 4.78 is 32.5. The smallest absolute Gasteiger partial charge is 0.254 e. The van der Waals surface area contributed by atoms with Crippen LogP contribution in [0.25, 0.3) is 11.3 Å². The van der Waals surface area contributed by atoms with Crippen LogP contribution in [0.1, 0.15) is 10.4 Å². The zero-order chi connectivity index (χ0) is 24.2. The standard InChI is InChI=1S/C27H22F2N4O2/c28-23-11-8-20(18-24(23)29)26(34)32-14-16-33(17-15-32)27-30-13-12-25(31-27)19-6-9-22(10-7-19)35-21-4-2-1-3-5-21/h1-13,18H,14-17H2. The summed E-state index contributed by atoms with van der Waals surface area (Å²) in [6.45, 7) is 1.92. The number of carbonyl (C=O) groups excluding carboxylic acids is 1. The van der Waals surface area contributed by atoms with Gasteiger partial charge in [0.2, 0.25) is 5.95 Å². The van der Waals surface area contributed by atoms with Crippen molar-refractivity contribution >= 4 is 11.9 Å². The molecule has 4 aromatic rings. The van der Waals surface area contributed by atoms with Gasteiger partial charge in [0.1, 0.15) is 11.5 Å². The first-order valence-corrected chi connectivity index (χ1v) is 11.2. The number of anilines is 1. The number of para-hydroxylation sites is 1. The lowest BCUT2D eigenvalue weighted by atomic mass is 10.1. The Labute approximate surface area is 201 Å². The van der Waals surface area contributed by atoms with Gasteiger partial charge in [0.05, 0.1) is 5.69 Å². The van der Waals surface area contributed by atoms with Gasteiger partial charge in [0, 0.05) is 43.5 Å². The average molecular weight is 472 g/mol. The number of nitrogens with zero attached hydrogens (tertiary/aromatic N) is 4. The lowest BCUT2D eigenvalue weighted by molar-refractivity contribution is 0.0745. The maximum absolute atomic E-state index is 13.5. The highest BCUT2D eigenvalue weighted by Crippen LogP contribution is 2.26. The second-order valence-corrected chi connectivity index (χ2v) is 8.09. The van der Waals surface area contributed by atoms with E-state index in [1.54, 1.807) is 11.1 Å². The summed E-state index contributed by atoms with van der Waals surface area (Å²) in [6, 6.07) is 22.3. The van der Waals surface area contributed by atoms with Crippen molar-refractivity contribution in [3.05, 3.63) is 102 Å². The van der Waals surface area contributed by atoms with Gasteiger partial charge >= 0.3 is 0 Å². The van der Waals surface area contributed by atoms with Crippen LogP contribution in [0.5, 0.6) is 11.5 Å². The highest BCUT2D eigenvalue weighted by atomic mass is 19.2. The Balaban J connectivity index is 1.23. The van der Waals surface area contributed by atoms with Crippen LogP contribution in [0.15, 0.2) is 85.1 Å². The van der Waals surface area contributed by atoms with E-state index >= 15 is 0 Å². The molecule has 0 atom stereocenters. The molecule has 8 heteroatoms. The molecular weight excluding hydrogens is 450 g/mol. The molecule has 0 bridgehead atoms. The predicted molar refractivity (Wildman–Crippen MR) is 128 cm³/mol. The molecule has 1 aliphatic heterocycles. The Morgan fingerprint density at radius 1 is 0.800 bits per heavy atom. The number of halogens is 2. The van der Waals surface area contributed by atoms with Crippen LogP contribution >= 0.6 is 0 Å². The maximum atomic E-state index is 13.5. The van der Waals surface area contributed by atoms with E-state index in [2.05, 4.69) is 4.98 Å². The molecule has 1 amide bonds. The van der Waals surface area contributed by atoms with Crippen molar-refractivity contribution in [1.82, 2.24) is 14.9 Å². The second-order valence-electron chi connectivity index (χ2n) is 8.09. The summed E-state index contributed by atoms with van der Waals surface area (Å²) in [5.41, 5.74) is 1.85. The molecule has 1 aromatic heterocycles. The van der Waals surface area contributed by atoms with E-state index in [0.29, 0.717) is 32.1 Å². The zero-order valence-electron chi connectivity index (χ0n) is 18.8. The van der Waals surface area contributed by atoms with Gasteiger partial charge in [-0.2, -0.15) is 0 Å². The average Bonchev–Trinajstić information content (AvgIpc) is 2.91. The number of ether oxygens (including phenoxy) is 1. The van der Waals surface area contributed by atoms with Crippen molar-refractivity contribution in [2.75, 3.05) is 31.1 Å². The fourth-order valence-electron chi connectivity index (χ4n) is 3.90. The first kappa shape index (κ1) is 22.5. The van der Waals surface area contributed by atoms with Crippen LogP contribution in [0.4, 0.5) is 14.7 Å². The lowest BCUT2D eigenvalue weighted by Crippen LogP contribution is -2.49. The quantitative estimate of drug-likeness (QED) is 0.401. The van der Waals surface area contributed by atoms with Gasteiger partial charge in [-0.15, -0.1) is 0 Å². The molecule has 0 N–H and O–H groups in total. The van der Waals surface area contributed by atoms with Gasteiger partial charge in [-0.3, -0.25) is 4.79 Å². The summed E-state index contributed by atoms with van der Waals surface area (Å²) in [7, 11) is 0. The number of hydrogen-bond acceptors (Lipinski definition) is 5. The molecule has 6 nitrogen and oxygen atoms in total. The third-order valence-corrected chi connectivity index (χ3v) is 5.79. The van der Waals surface area contributed by atoms with Crippen LogP contribution in [-0.2, 0) is 0 Å². The third kappa shape index (κ3) is 5.11. The van der Waals surface area contributed by atoms with E-state index < -0.39 is 11.6 Å². The number of carbonyl (C=O) groups is 1. The Morgan fingerprint density at radius 3 is 2.23 bits per heavy atom.